The van der Waals surface area contributed by atoms with Gasteiger partial charge in [-0.15, -0.1) is 10.2 Å². The first-order valence-electron chi connectivity index (χ1n) is 10.3. The zero-order chi connectivity index (χ0) is 24.1. The molecule has 0 saturated carbocycles. The molecule has 0 saturated heterocycles. The van der Waals surface area contributed by atoms with E-state index in [0.29, 0.717) is 21.6 Å². The maximum Gasteiger partial charge on any atom is 0.332 e. The second kappa shape index (κ2) is 8.26. The van der Waals surface area contributed by atoms with Gasteiger partial charge >= 0.3 is 5.69 Å². The van der Waals surface area contributed by atoms with Gasteiger partial charge in [0.15, 0.2) is 11.2 Å². The maximum atomic E-state index is 13.1. The third-order valence-corrected chi connectivity index (χ3v) is 6.21. The number of aromatic nitrogens is 8. The molecule has 13 heteroatoms. The highest BCUT2D eigenvalue weighted by molar-refractivity contribution is 6.42. The average molecular weight is 501 g/mol. The van der Waals surface area contributed by atoms with Crippen LogP contribution in [0.1, 0.15) is 18.5 Å². The number of benzene rings is 1. The lowest BCUT2D eigenvalue weighted by atomic mass is 10.2. The Labute approximate surface area is 201 Å². The Balaban J connectivity index is 1.67. The molecule has 0 fully saturated rings. The number of hydrogen-bond donors (Lipinski definition) is 0. The maximum absolute atomic E-state index is 13.1. The van der Waals surface area contributed by atoms with Crippen LogP contribution < -0.4 is 11.2 Å². The molecule has 0 aliphatic rings. The van der Waals surface area contributed by atoms with Gasteiger partial charge in [-0.05, 0) is 30.7 Å². The van der Waals surface area contributed by atoms with Gasteiger partial charge in [0.05, 0.1) is 15.7 Å². The fraction of sp³-hybridized carbons (Fsp3) is 0.238. The minimum atomic E-state index is -0.496. The van der Waals surface area contributed by atoms with Crippen molar-refractivity contribution in [2.45, 2.75) is 19.9 Å². The van der Waals surface area contributed by atoms with E-state index in [1.54, 1.807) is 40.7 Å². The average Bonchev–Trinajstić information content (AvgIpc) is 3.57. The van der Waals surface area contributed by atoms with E-state index < -0.39 is 11.2 Å². The van der Waals surface area contributed by atoms with Crippen molar-refractivity contribution in [3.63, 3.8) is 0 Å². The highest BCUT2D eigenvalue weighted by atomic mass is 35.5. The number of rotatable bonds is 5. The predicted molar refractivity (Wildman–Crippen MR) is 126 cm³/mol. The molecule has 0 atom stereocenters. The molecule has 0 aliphatic heterocycles. The van der Waals surface area contributed by atoms with Gasteiger partial charge in [-0.25, -0.2) is 9.48 Å². The van der Waals surface area contributed by atoms with Crippen molar-refractivity contribution in [1.82, 2.24) is 38.7 Å². The Hall–Kier alpha value is -3.70. The Morgan fingerprint density at radius 3 is 2.53 bits per heavy atom. The number of halogens is 2. The monoisotopic (exact) mass is 500 g/mol. The van der Waals surface area contributed by atoms with Crippen LogP contribution in [0.3, 0.4) is 0 Å². The van der Waals surface area contributed by atoms with Crippen molar-refractivity contribution in [3.8, 4) is 17.4 Å². The van der Waals surface area contributed by atoms with Crippen LogP contribution in [0.25, 0.3) is 28.6 Å². The predicted octanol–water partition coefficient (Wildman–Crippen LogP) is 2.59. The van der Waals surface area contributed by atoms with Crippen molar-refractivity contribution in [2.24, 2.45) is 14.1 Å². The molecule has 1 aromatic carbocycles. The zero-order valence-electron chi connectivity index (χ0n) is 18.4. The second-order valence-corrected chi connectivity index (χ2v) is 8.43. The highest BCUT2D eigenvalue weighted by Crippen LogP contribution is 2.28. The summed E-state index contributed by atoms with van der Waals surface area (Å²) in [7, 11) is 2.97. The molecule has 0 radical (unpaired) electrons. The van der Waals surface area contributed by atoms with Gasteiger partial charge in [-0.1, -0.05) is 30.1 Å². The first kappa shape index (κ1) is 22.1. The molecule has 4 heterocycles. The third-order valence-electron chi connectivity index (χ3n) is 5.47. The molecule has 0 N–H and O–H groups in total. The number of nitrogens with zero attached hydrogens (tertiary/aromatic N) is 8. The summed E-state index contributed by atoms with van der Waals surface area (Å²) in [5.41, 5.74) is 0.900. The summed E-state index contributed by atoms with van der Waals surface area (Å²) in [6.07, 6.45) is 2.47. The van der Waals surface area contributed by atoms with E-state index in [0.717, 1.165) is 16.7 Å². The van der Waals surface area contributed by atoms with Gasteiger partial charge in [0.1, 0.15) is 6.54 Å². The minimum Gasteiger partial charge on any atom is -0.419 e. The zero-order valence-corrected chi connectivity index (χ0v) is 19.9. The van der Waals surface area contributed by atoms with E-state index in [1.165, 1.54) is 11.6 Å². The summed E-state index contributed by atoms with van der Waals surface area (Å²) >= 11 is 12.1. The molecular weight excluding hydrogens is 483 g/mol. The fourth-order valence-electron chi connectivity index (χ4n) is 3.62. The number of hydrogen-bond acceptors (Lipinski definition) is 7. The van der Waals surface area contributed by atoms with E-state index in [2.05, 4.69) is 20.3 Å². The molecule has 0 bridgehead atoms. The normalized spacial score (nSPS) is 11.6. The topological polar surface area (TPSA) is 119 Å². The summed E-state index contributed by atoms with van der Waals surface area (Å²) in [5, 5.41) is 13.5. The lowest BCUT2D eigenvalue weighted by molar-refractivity contribution is 0.487. The van der Waals surface area contributed by atoms with Crippen molar-refractivity contribution in [2.75, 3.05) is 0 Å². The first-order valence-corrected chi connectivity index (χ1v) is 11.0. The van der Waals surface area contributed by atoms with Crippen LogP contribution in [-0.4, -0.2) is 38.7 Å². The first-order chi connectivity index (χ1) is 16.3. The molecule has 5 rings (SSSR count). The van der Waals surface area contributed by atoms with E-state index in [1.807, 2.05) is 13.0 Å². The molecule has 5 aromatic rings. The van der Waals surface area contributed by atoms with Crippen LogP contribution in [-0.2, 0) is 27.1 Å². The van der Waals surface area contributed by atoms with E-state index in [4.69, 9.17) is 27.6 Å². The largest absolute Gasteiger partial charge is 0.419 e. The Bertz CT molecular complexity index is 1670. The highest BCUT2D eigenvalue weighted by Gasteiger charge is 2.23. The Morgan fingerprint density at radius 1 is 1.03 bits per heavy atom. The van der Waals surface area contributed by atoms with Gasteiger partial charge in [0.2, 0.25) is 17.7 Å². The van der Waals surface area contributed by atoms with Crippen LogP contribution in [0.15, 0.2) is 44.5 Å². The lowest BCUT2D eigenvalue weighted by Crippen LogP contribution is -2.37. The molecule has 174 valence electrons. The molecule has 0 aliphatic carbocycles. The van der Waals surface area contributed by atoms with Gasteiger partial charge in [0, 0.05) is 25.9 Å². The van der Waals surface area contributed by atoms with E-state index in [9.17, 15) is 9.59 Å². The summed E-state index contributed by atoms with van der Waals surface area (Å²) in [6.45, 7) is 2.01. The van der Waals surface area contributed by atoms with E-state index >= 15 is 0 Å². The van der Waals surface area contributed by atoms with Gasteiger partial charge in [-0.2, -0.15) is 10.1 Å². The lowest BCUT2D eigenvalue weighted by Gasteiger charge is -2.07. The minimum absolute atomic E-state index is 0.0227. The standard InChI is InChI=1S/C21H18Cl2N8O3/c1-4-12-7-8-31(27-12)20-24-17-16(19(32)29(3)21(33)28(17)2)30(20)10-15-25-26-18(34-15)11-5-6-13(22)14(23)9-11/h5-9H,4,10H2,1-3H3. The van der Waals surface area contributed by atoms with Crippen molar-refractivity contribution in [3.05, 3.63) is 72.9 Å². The molecule has 0 amide bonds. The van der Waals surface area contributed by atoms with Crippen LogP contribution in [0.4, 0.5) is 0 Å². The van der Waals surface area contributed by atoms with Crippen LogP contribution >= 0.6 is 23.2 Å². The van der Waals surface area contributed by atoms with Gasteiger partial charge in [-0.3, -0.25) is 18.5 Å². The molecule has 4 aromatic heterocycles. The van der Waals surface area contributed by atoms with Gasteiger partial charge < -0.3 is 4.42 Å². The Morgan fingerprint density at radius 2 is 1.82 bits per heavy atom. The van der Waals surface area contributed by atoms with Crippen molar-refractivity contribution < 1.29 is 4.42 Å². The van der Waals surface area contributed by atoms with Gasteiger partial charge in [0.25, 0.3) is 5.56 Å². The molecule has 34 heavy (non-hydrogen) atoms. The summed E-state index contributed by atoms with van der Waals surface area (Å²) < 4.78 is 11.4. The summed E-state index contributed by atoms with van der Waals surface area (Å²) in [4.78, 5) is 30.1. The summed E-state index contributed by atoms with van der Waals surface area (Å²) in [5.74, 6) is 0.801. The van der Waals surface area contributed by atoms with Crippen molar-refractivity contribution >= 4 is 34.4 Å². The quantitative estimate of drug-likeness (QED) is 0.363. The van der Waals surface area contributed by atoms with E-state index in [-0.39, 0.29) is 29.5 Å². The van der Waals surface area contributed by atoms with Crippen LogP contribution in [0.5, 0.6) is 0 Å². The summed E-state index contributed by atoms with van der Waals surface area (Å²) in [6, 6.07) is 6.83. The number of fused-ring (bicyclic) bond motifs is 1. The molecule has 0 spiro atoms. The van der Waals surface area contributed by atoms with Crippen LogP contribution in [0, 0.1) is 0 Å². The number of imidazole rings is 1. The fourth-order valence-corrected chi connectivity index (χ4v) is 3.92. The Kier molecular flexibility index (Phi) is 5.37. The third kappa shape index (κ3) is 3.53. The second-order valence-electron chi connectivity index (χ2n) is 7.61. The molecule has 0 unspecified atom stereocenters. The molecule has 11 nitrogen and oxygen atoms in total. The van der Waals surface area contributed by atoms with Crippen LogP contribution in [0.2, 0.25) is 10.0 Å². The smallest absolute Gasteiger partial charge is 0.332 e. The SMILES string of the molecule is CCc1ccn(-c2nc3c(c(=O)n(C)c(=O)n3C)n2Cc2nnc(-c3ccc(Cl)c(Cl)c3)o2)n1. The molecular formula is C21H18Cl2N8O3. The number of aryl methyl sites for hydroxylation is 2. The van der Waals surface area contributed by atoms with Crippen molar-refractivity contribution in [1.29, 1.82) is 0 Å².